The Kier molecular flexibility index (Phi) is 3.04. The topological polar surface area (TPSA) is 29.5 Å². The second kappa shape index (κ2) is 4.47. The van der Waals surface area contributed by atoms with E-state index < -0.39 is 0 Å². The molecule has 78 valence electrons. The Bertz CT molecular complexity index is 448. The quantitative estimate of drug-likeness (QED) is 0.861. The third kappa shape index (κ3) is 2.19. The molecule has 0 saturated carbocycles. The summed E-state index contributed by atoms with van der Waals surface area (Å²) in [4.78, 5) is 2.13. The SMILES string of the molecule is COc1cccc(-c2ccc(CO)s2)c1. The maximum absolute atomic E-state index is 8.98. The summed E-state index contributed by atoms with van der Waals surface area (Å²) in [6.45, 7) is 0.106. The number of methoxy groups -OCH3 is 1. The fourth-order valence-corrected chi connectivity index (χ4v) is 2.26. The van der Waals surface area contributed by atoms with E-state index in [1.54, 1.807) is 18.4 Å². The van der Waals surface area contributed by atoms with Crippen molar-refractivity contribution in [1.82, 2.24) is 0 Å². The zero-order chi connectivity index (χ0) is 10.7. The average Bonchev–Trinajstić information content (AvgIpc) is 2.78. The predicted octanol–water partition coefficient (Wildman–Crippen LogP) is 2.92. The summed E-state index contributed by atoms with van der Waals surface area (Å²) in [5.74, 6) is 0.853. The minimum absolute atomic E-state index is 0.106. The monoisotopic (exact) mass is 220 g/mol. The van der Waals surface area contributed by atoms with E-state index in [1.165, 1.54) is 0 Å². The molecule has 0 aliphatic rings. The number of rotatable bonds is 3. The fraction of sp³-hybridized carbons (Fsp3) is 0.167. The van der Waals surface area contributed by atoms with Crippen LogP contribution in [0, 0.1) is 0 Å². The first-order valence-electron chi connectivity index (χ1n) is 4.67. The van der Waals surface area contributed by atoms with Crippen molar-refractivity contribution in [3.05, 3.63) is 41.3 Å². The minimum atomic E-state index is 0.106. The van der Waals surface area contributed by atoms with Crippen LogP contribution < -0.4 is 4.74 Å². The summed E-state index contributed by atoms with van der Waals surface area (Å²) in [5, 5.41) is 8.98. The Morgan fingerprint density at radius 3 is 2.80 bits per heavy atom. The van der Waals surface area contributed by atoms with Crippen molar-refractivity contribution < 1.29 is 9.84 Å². The summed E-state index contributed by atoms with van der Waals surface area (Å²) in [6.07, 6.45) is 0. The maximum Gasteiger partial charge on any atom is 0.119 e. The van der Waals surface area contributed by atoms with Gasteiger partial charge in [-0.1, -0.05) is 12.1 Å². The molecule has 0 unspecified atom stereocenters. The van der Waals surface area contributed by atoms with Crippen molar-refractivity contribution in [2.45, 2.75) is 6.61 Å². The van der Waals surface area contributed by atoms with Gasteiger partial charge in [0.05, 0.1) is 13.7 Å². The lowest BCUT2D eigenvalue weighted by Gasteiger charge is -2.01. The molecule has 1 heterocycles. The largest absolute Gasteiger partial charge is 0.497 e. The number of aliphatic hydroxyl groups excluding tert-OH is 1. The van der Waals surface area contributed by atoms with E-state index in [2.05, 4.69) is 0 Å². The lowest BCUT2D eigenvalue weighted by molar-refractivity contribution is 0.285. The minimum Gasteiger partial charge on any atom is -0.497 e. The van der Waals surface area contributed by atoms with Crippen LogP contribution >= 0.6 is 11.3 Å². The van der Waals surface area contributed by atoms with Crippen molar-refractivity contribution in [3.8, 4) is 16.2 Å². The molecule has 1 aromatic carbocycles. The van der Waals surface area contributed by atoms with Crippen LogP contribution in [-0.4, -0.2) is 12.2 Å². The molecule has 0 fully saturated rings. The average molecular weight is 220 g/mol. The Morgan fingerprint density at radius 1 is 1.27 bits per heavy atom. The Hall–Kier alpha value is -1.32. The van der Waals surface area contributed by atoms with E-state index >= 15 is 0 Å². The number of aliphatic hydroxyl groups is 1. The molecule has 0 spiro atoms. The highest BCUT2D eigenvalue weighted by Crippen LogP contribution is 2.30. The molecule has 3 heteroatoms. The molecule has 15 heavy (non-hydrogen) atoms. The van der Waals surface area contributed by atoms with Gasteiger partial charge in [0.25, 0.3) is 0 Å². The van der Waals surface area contributed by atoms with Crippen LogP contribution in [0.4, 0.5) is 0 Å². The van der Waals surface area contributed by atoms with E-state index in [-0.39, 0.29) is 6.61 Å². The third-order valence-electron chi connectivity index (χ3n) is 2.17. The number of thiophene rings is 1. The molecule has 0 amide bonds. The molecule has 0 atom stereocenters. The fourth-order valence-electron chi connectivity index (χ4n) is 1.39. The Labute approximate surface area is 92.8 Å². The molecule has 2 rings (SSSR count). The lowest BCUT2D eigenvalue weighted by atomic mass is 10.2. The van der Waals surface area contributed by atoms with E-state index in [0.717, 1.165) is 21.1 Å². The molecule has 1 aromatic heterocycles. The summed E-state index contributed by atoms with van der Waals surface area (Å²) in [5.41, 5.74) is 1.12. The summed E-state index contributed by atoms with van der Waals surface area (Å²) < 4.78 is 5.16. The van der Waals surface area contributed by atoms with Gasteiger partial charge in [-0.2, -0.15) is 0 Å². The summed E-state index contributed by atoms with van der Waals surface area (Å²) >= 11 is 1.60. The third-order valence-corrected chi connectivity index (χ3v) is 3.29. The van der Waals surface area contributed by atoms with Gasteiger partial charge in [0.2, 0.25) is 0 Å². The molecule has 0 radical (unpaired) electrons. The number of ether oxygens (including phenoxy) is 1. The standard InChI is InChI=1S/C12H12O2S/c1-14-10-4-2-3-9(7-10)12-6-5-11(8-13)15-12/h2-7,13H,8H2,1H3. The summed E-state index contributed by atoms with van der Waals surface area (Å²) in [7, 11) is 1.66. The van der Waals surface area contributed by atoms with Crippen LogP contribution in [0.15, 0.2) is 36.4 Å². The van der Waals surface area contributed by atoms with E-state index in [4.69, 9.17) is 9.84 Å². The molecule has 2 nitrogen and oxygen atoms in total. The molecule has 0 aliphatic heterocycles. The molecular formula is C12H12O2S. The van der Waals surface area contributed by atoms with Crippen molar-refractivity contribution in [2.75, 3.05) is 7.11 Å². The number of hydrogen-bond donors (Lipinski definition) is 1. The molecule has 2 aromatic rings. The first-order chi connectivity index (χ1) is 7.33. The zero-order valence-corrected chi connectivity index (χ0v) is 9.25. The normalized spacial score (nSPS) is 10.3. The summed E-state index contributed by atoms with van der Waals surface area (Å²) in [6, 6.07) is 11.9. The van der Waals surface area contributed by atoms with Gasteiger partial charge < -0.3 is 9.84 Å². The zero-order valence-electron chi connectivity index (χ0n) is 8.43. The Balaban J connectivity index is 2.35. The van der Waals surface area contributed by atoms with Crippen molar-refractivity contribution in [1.29, 1.82) is 0 Å². The van der Waals surface area contributed by atoms with E-state index in [9.17, 15) is 0 Å². The van der Waals surface area contributed by atoms with Crippen LogP contribution in [0.3, 0.4) is 0 Å². The predicted molar refractivity (Wildman–Crippen MR) is 62.2 cm³/mol. The van der Waals surface area contributed by atoms with Crippen LogP contribution in [0.1, 0.15) is 4.88 Å². The highest BCUT2D eigenvalue weighted by atomic mass is 32.1. The van der Waals surface area contributed by atoms with Crippen LogP contribution in [0.2, 0.25) is 0 Å². The first kappa shape index (κ1) is 10.2. The highest BCUT2D eigenvalue weighted by molar-refractivity contribution is 7.15. The molecule has 0 aliphatic carbocycles. The second-order valence-corrected chi connectivity index (χ2v) is 4.32. The van der Waals surface area contributed by atoms with Crippen LogP contribution in [0.25, 0.3) is 10.4 Å². The van der Waals surface area contributed by atoms with Gasteiger partial charge in [-0.05, 0) is 29.8 Å². The van der Waals surface area contributed by atoms with Gasteiger partial charge in [0.1, 0.15) is 5.75 Å². The van der Waals surface area contributed by atoms with Gasteiger partial charge in [0, 0.05) is 9.75 Å². The molecule has 1 N–H and O–H groups in total. The van der Waals surface area contributed by atoms with Gasteiger partial charge in [-0.15, -0.1) is 11.3 Å². The van der Waals surface area contributed by atoms with Crippen molar-refractivity contribution in [2.24, 2.45) is 0 Å². The molecule has 0 saturated heterocycles. The van der Waals surface area contributed by atoms with E-state index in [1.807, 2.05) is 36.4 Å². The van der Waals surface area contributed by atoms with Gasteiger partial charge in [0.15, 0.2) is 0 Å². The molecule has 0 bridgehead atoms. The highest BCUT2D eigenvalue weighted by Gasteiger charge is 2.02. The van der Waals surface area contributed by atoms with Crippen LogP contribution in [0.5, 0.6) is 5.75 Å². The second-order valence-electron chi connectivity index (χ2n) is 3.16. The number of benzene rings is 1. The van der Waals surface area contributed by atoms with Gasteiger partial charge in [-0.25, -0.2) is 0 Å². The van der Waals surface area contributed by atoms with Crippen LogP contribution in [-0.2, 0) is 6.61 Å². The van der Waals surface area contributed by atoms with Gasteiger partial charge in [-0.3, -0.25) is 0 Å². The van der Waals surface area contributed by atoms with Crippen molar-refractivity contribution in [3.63, 3.8) is 0 Å². The maximum atomic E-state index is 8.98. The lowest BCUT2D eigenvalue weighted by Crippen LogP contribution is -1.81. The smallest absolute Gasteiger partial charge is 0.119 e. The molecular weight excluding hydrogens is 208 g/mol. The van der Waals surface area contributed by atoms with Gasteiger partial charge >= 0.3 is 0 Å². The Morgan fingerprint density at radius 2 is 2.13 bits per heavy atom. The van der Waals surface area contributed by atoms with E-state index in [0.29, 0.717) is 0 Å². The first-order valence-corrected chi connectivity index (χ1v) is 5.49. The van der Waals surface area contributed by atoms with Crippen molar-refractivity contribution >= 4 is 11.3 Å². The number of hydrogen-bond acceptors (Lipinski definition) is 3.